The number of ketones is 1. The van der Waals surface area contributed by atoms with Gasteiger partial charge in [0, 0.05) is 17.6 Å². The van der Waals surface area contributed by atoms with Crippen LogP contribution in [0.2, 0.25) is 4.34 Å². The van der Waals surface area contributed by atoms with Crippen LogP contribution in [-0.4, -0.2) is 29.3 Å². The summed E-state index contributed by atoms with van der Waals surface area (Å²) in [7, 11) is 1.93. The molecule has 2 rings (SSSR count). The zero-order valence-corrected chi connectivity index (χ0v) is 11.0. The highest BCUT2D eigenvalue weighted by Gasteiger charge is 2.10. The highest BCUT2D eigenvalue weighted by atomic mass is 35.5. The van der Waals surface area contributed by atoms with Crippen LogP contribution in [0.1, 0.15) is 15.4 Å². The number of nitrogens with one attached hydrogen (secondary N) is 1. The van der Waals surface area contributed by atoms with E-state index in [9.17, 15) is 4.79 Å². The van der Waals surface area contributed by atoms with Crippen LogP contribution in [0.3, 0.4) is 0 Å². The van der Waals surface area contributed by atoms with Crippen molar-refractivity contribution in [2.45, 2.75) is 6.54 Å². The van der Waals surface area contributed by atoms with Crippen molar-refractivity contribution in [1.29, 1.82) is 0 Å². The van der Waals surface area contributed by atoms with Crippen molar-refractivity contribution >= 4 is 28.7 Å². The Morgan fingerprint density at radius 3 is 2.88 bits per heavy atom. The van der Waals surface area contributed by atoms with Crippen molar-refractivity contribution in [3.63, 3.8) is 0 Å². The maximum Gasteiger partial charge on any atom is 0.192 e. The number of rotatable bonds is 5. The first-order valence-corrected chi connectivity index (χ1v) is 6.44. The van der Waals surface area contributed by atoms with E-state index in [2.05, 4.69) is 4.98 Å². The van der Waals surface area contributed by atoms with Gasteiger partial charge in [-0.3, -0.25) is 9.69 Å². The molecule has 3 nitrogen and oxygen atoms in total. The first-order chi connectivity index (χ1) is 8.15. The van der Waals surface area contributed by atoms with Gasteiger partial charge in [-0.15, -0.1) is 11.3 Å². The highest BCUT2D eigenvalue weighted by Crippen LogP contribution is 2.22. The molecular weight excluding hydrogens is 256 g/mol. The highest BCUT2D eigenvalue weighted by molar-refractivity contribution is 7.16. The zero-order chi connectivity index (χ0) is 12.3. The lowest BCUT2D eigenvalue weighted by Gasteiger charge is -2.13. The summed E-state index contributed by atoms with van der Waals surface area (Å²) >= 11 is 7.40. The van der Waals surface area contributed by atoms with Crippen LogP contribution in [0.4, 0.5) is 0 Å². The fourth-order valence-electron chi connectivity index (χ4n) is 1.59. The van der Waals surface area contributed by atoms with E-state index < -0.39 is 0 Å². The van der Waals surface area contributed by atoms with Crippen LogP contribution in [0, 0.1) is 0 Å². The number of halogens is 1. The standard InChI is InChI=1S/C12H13ClN2OS/c1-15(7-9-4-5-12(13)17-9)8-11(16)10-3-2-6-14-10/h2-6,14H,7-8H2,1H3. The third-order valence-corrected chi connectivity index (χ3v) is 3.58. The lowest BCUT2D eigenvalue weighted by molar-refractivity contribution is 0.0939. The van der Waals surface area contributed by atoms with Crippen LogP contribution in [0.25, 0.3) is 0 Å². The molecule has 0 amide bonds. The summed E-state index contributed by atoms with van der Waals surface area (Å²) in [4.78, 5) is 17.9. The lowest BCUT2D eigenvalue weighted by atomic mass is 10.2. The van der Waals surface area contributed by atoms with Crippen LogP contribution in [0.5, 0.6) is 0 Å². The van der Waals surface area contributed by atoms with E-state index in [0.717, 1.165) is 15.8 Å². The minimum absolute atomic E-state index is 0.0974. The molecule has 0 radical (unpaired) electrons. The van der Waals surface area contributed by atoms with Gasteiger partial charge in [-0.1, -0.05) is 11.6 Å². The van der Waals surface area contributed by atoms with Gasteiger partial charge in [-0.2, -0.15) is 0 Å². The second-order valence-electron chi connectivity index (χ2n) is 3.89. The van der Waals surface area contributed by atoms with Gasteiger partial charge in [0.25, 0.3) is 0 Å². The van der Waals surface area contributed by atoms with Gasteiger partial charge >= 0.3 is 0 Å². The molecule has 0 saturated carbocycles. The summed E-state index contributed by atoms with van der Waals surface area (Å²) in [6.45, 7) is 1.14. The summed E-state index contributed by atoms with van der Waals surface area (Å²) < 4.78 is 0.782. The molecule has 2 heterocycles. The molecule has 0 spiro atoms. The SMILES string of the molecule is CN(CC(=O)c1ccc[nH]1)Cc1ccc(Cl)s1. The van der Waals surface area contributed by atoms with E-state index >= 15 is 0 Å². The second-order valence-corrected chi connectivity index (χ2v) is 5.68. The molecule has 0 bridgehead atoms. The van der Waals surface area contributed by atoms with E-state index in [0.29, 0.717) is 12.2 Å². The molecule has 17 heavy (non-hydrogen) atoms. The average molecular weight is 269 g/mol. The molecule has 2 aromatic rings. The minimum atomic E-state index is 0.0974. The first-order valence-electron chi connectivity index (χ1n) is 5.24. The first kappa shape index (κ1) is 12.4. The topological polar surface area (TPSA) is 36.1 Å². The maximum atomic E-state index is 11.8. The van der Waals surface area contributed by atoms with E-state index in [1.807, 2.05) is 30.1 Å². The Balaban J connectivity index is 1.89. The summed E-state index contributed by atoms with van der Waals surface area (Å²) in [5, 5.41) is 0. The predicted molar refractivity (Wildman–Crippen MR) is 70.8 cm³/mol. The van der Waals surface area contributed by atoms with Crippen molar-refractivity contribution in [2.75, 3.05) is 13.6 Å². The summed E-state index contributed by atoms with van der Waals surface area (Å²) in [6.07, 6.45) is 1.76. The monoisotopic (exact) mass is 268 g/mol. The number of H-pyrrole nitrogens is 1. The number of thiophene rings is 1. The summed E-state index contributed by atoms with van der Waals surface area (Å²) in [5.41, 5.74) is 0.654. The average Bonchev–Trinajstić information content (AvgIpc) is 2.89. The van der Waals surface area contributed by atoms with Crippen LogP contribution >= 0.6 is 22.9 Å². The molecule has 2 aromatic heterocycles. The smallest absolute Gasteiger partial charge is 0.192 e. The van der Waals surface area contributed by atoms with E-state index in [1.165, 1.54) is 0 Å². The molecule has 0 saturated heterocycles. The van der Waals surface area contributed by atoms with Crippen molar-refractivity contribution in [1.82, 2.24) is 9.88 Å². The Labute approximate surface area is 109 Å². The number of carbonyl (C=O) groups excluding carboxylic acids is 1. The Morgan fingerprint density at radius 2 is 2.29 bits per heavy atom. The largest absolute Gasteiger partial charge is 0.359 e. The quantitative estimate of drug-likeness (QED) is 0.846. The molecule has 90 valence electrons. The Morgan fingerprint density at radius 1 is 1.47 bits per heavy atom. The lowest BCUT2D eigenvalue weighted by Crippen LogP contribution is -2.25. The van der Waals surface area contributed by atoms with Crippen molar-refractivity contribution in [3.8, 4) is 0 Å². The fraction of sp³-hybridized carbons (Fsp3) is 0.250. The van der Waals surface area contributed by atoms with Gasteiger partial charge in [-0.05, 0) is 31.3 Å². The van der Waals surface area contributed by atoms with Gasteiger partial charge < -0.3 is 4.98 Å². The minimum Gasteiger partial charge on any atom is -0.359 e. The molecule has 0 unspecified atom stereocenters. The molecule has 1 N–H and O–H groups in total. The number of Topliss-reactive ketones (excluding diaryl/α,β-unsaturated/α-hetero) is 1. The molecule has 0 aliphatic heterocycles. The molecule has 0 atom stereocenters. The van der Waals surface area contributed by atoms with E-state index in [4.69, 9.17) is 11.6 Å². The summed E-state index contributed by atoms with van der Waals surface area (Å²) in [6, 6.07) is 7.48. The van der Waals surface area contributed by atoms with Gasteiger partial charge in [0.05, 0.1) is 16.6 Å². The number of carbonyl (C=O) groups is 1. The predicted octanol–water partition coefficient (Wildman–Crippen LogP) is 3.04. The molecule has 0 fully saturated rings. The number of likely N-dealkylation sites (N-methyl/N-ethyl adjacent to an activating group) is 1. The Bertz CT molecular complexity index is 492. The van der Waals surface area contributed by atoms with Crippen molar-refractivity contribution < 1.29 is 4.79 Å². The van der Waals surface area contributed by atoms with Gasteiger partial charge in [-0.25, -0.2) is 0 Å². The molecular formula is C12H13ClN2OS. The second kappa shape index (κ2) is 5.49. The van der Waals surface area contributed by atoms with E-state index in [-0.39, 0.29) is 5.78 Å². The normalized spacial score (nSPS) is 11.0. The fourth-order valence-corrected chi connectivity index (χ4v) is 2.76. The number of hydrogen-bond donors (Lipinski definition) is 1. The molecule has 5 heteroatoms. The van der Waals surface area contributed by atoms with Crippen LogP contribution in [0.15, 0.2) is 30.5 Å². The van der Waals surface area contributed by atoms with Gasteiger partial charge in [0.2, 0.25) is 0 Å². The third-order valence-electron chi connectivity index (χ3n) is 2.37. The number of aromatic nitrogens is 1. The number of nitrogens with zero attached hydrogens (tertiary/aromatic N) is 1. The zero-order valence-electron chi connectivity index (χ0n) is 9.44. The van der Waals surface area contributed by atoms with Crippen molar-refractivity contribution in [2.24, 2.45) is 0 Å². The van der Waals surface area contributed by atoms with Crippen LogP contribution < -0.4 is 0 Å². The van der Waals surface area contributed by atoms with Crippen molar-refractivity contribution in [3.05, 3.63) is 45.4 Å². The molecule has 0 aliphatic carbocycles. The Kier molecular flexibility index (Phi) is 3.99. The van der Waals surface area contributed by atoms with Gasteiger partial charge in [0.1, 0.15) is 0 Å². The Hall–Kier alpha value is -1.10. The van der Waals surface area contributed by atoms with Gasteiger partial charge in [0.15, 0.2) is 5.78 Å². The molecule has 0 aliphatic rings. The molecule has 0 aromatic carbocycles. The summed E-state index contributed by atoms with van der Waals surface area (Å²) in [5.74, 6) is 0.0974. The van der Waals surface area contributed by atoms with Crippen LogP contribution in [-0.2, 0) is 6.54 Å². The maximum absolute atomic E-state index is 11.8. The number of hydrogen-bond acceptors (Lipinski definition) is 3. The van der Waals surface area contributed by atoms with E-state index in [1.54, 1.807) is 23.6 Å². The number of aromatic amines is 1. The third kappa shape index (κ3) is 3.43.